The van der Waals surface area contributed by atoms with Crippen LogP contribution in [0.25, 0.3) is 0 Å². The topological polar surface area (TPSA) is 79.2 Å². The Morgan fingerprint density at radius 2 is 1.35 bits per heavy atom. The number of unbranched alkanes of at least 4 members (excludes halogenated alkanes) is 14. The number of hydrogen-bond donors (Lipinski definition) is 3. The van der Waals surface area contributed by atoms with Crippen LogP contribution < -0.4 is 0 Å². The molecule has 0 aromatic heterocycles. The van der Waals surface area contributed by atoms with Gasteiger partial charge in [0, 0.05) is 0 Å². The summed E-state index contributed by atoms with van der Waals surface area (Å²) in [6.07, 6.45) is 22.6. The molecule has 0 aliphatic carbocycles. The fourth-order valence-electron chi connectivity index (χ4n) is 4.18. The molecule has 5 heteroatoms. The Hall–Kier alpha value is -0.460. The number of ether oxygens (including phenoxy) is 2. The highest BCUT2D eigenvalue weighted by atomic mass is 16.6. The maximum Gasteiger partial charge on any atom is 0.114 e. The lowest BCUT2D eigenvalue weighted by atomic mass is 10.0. The van der Waals surface area contributed by atoms with Crippen molar-refractivity contribution in [2.75, 3.05) is 19.8 Å². The van der Waals surface area contributed by atoms with Crippen LogP contribution in [0.15, 0.2) is 12.2 Å². The van der Waals surface area contributed by atoms with Gasteiger partial charge in [-0.15, -0.1) is 0 Å². The van der Waals surface area contributed by atoms with Gasteiger partial charge < -0.3 is 24.8 Å². The molecule has 1 rings (SSSR count). The maximum absolute atomic E-state index is 10.1. The number of aliphatic hydroxyl groups is 3. The summed E-state index contributed by atoms with van der Waals surface area (Å²) in [6, 6.07) is 0. The van der Waals surface area contributed by atoms with E-state index in [1.54, 1.807) is 0 Å². The molecule has 184 valence electrons. The van der Waals surface area contributed by atoms with Gasteiger partial charge >= 0.3 is 0 Å². The summed E-state index contributed by atoms with van der Waals surface area (Å²) in [4.78, 5) is 0. The third kappa shape index (κ3) is 14.3. The van der Waals surface area contributed by atoms with E-state index in [1.807, 2.05) is 0 Å². The van der Waals surface area contributed by atoms with Crippen LogP contribution in [0, 0.1) is 0 Å². The molecule has 0 aromatic carbocycles. The van der Waals surface area contributed by atoms with Crippen LogP contribution in [-0.2, 0) is 9.47 Å². The third-order valence-corrected chi connectivity index (χ3v) is 6.24. The second-order valence-electron chi connectivity index (χ2n) is 9.09. The quantitative estimate of drug-likeness (QED) is 0.166. The van der Waals surface area contributed by atoms with E-state index < -0.39 is 31.0 Å². The zero-order valence-corrected chi connectivity index (χ0v) is 20.1. The van der Waals surface area contributed by atoms with Gasteiger partial charge in [0.2, 0.25) is 0 Å². The molecule has 3 N–H and O–H groups in total. The predicted molar refractivity (Wildman–Crippen MR) is 127 cm³/mol. The predicted octanol–water partition coefficient (Wildman–Crippen LogP) is 5.30. The second kappa shape index (κ2) is 20.2. The lowest BCUT2D eigenvalue weighted by molar-refractivity contribution is -0.0726. The first-order chi connectivity index (χ1) is 15.2. The first-order valence-electron chi connectivity index (χ1n) is 13.1. The minimum atomic E-state index is -1.06. The summed E-state index contributed by atoms with van der Waals surface area (Å²) in [5.74, 6) is 0. The molecule has 0 saturated carbocycles. The fourth-order valence-corrected chi connectivity index (χ4v) is 4.18. The molecular weight excluding hydrogens is 392 g/mol. The number of allylic oxidation sites excluding steroid dienone is 1. The van der Waals surface area contributed by atoms with Crippen molar-refractivity contribution in [3.8, 4) is 0 Å². The van der Waals surface area contributed by atoms with E-state index in [9.17, 15) is 10.2 Å². The van der Waals surface area contributed by atoms with Crippen LogP contribution in [0.3, 0.4) is 0 Å². The maximum atomic E-state index is 10.1. The smallest absolute Gasteiger partial charge is 0.114 e. The summed E-state index contributed by atoms with van der Waals surface area (Å²) < 4.78 is 11.0. The molecule has 0 bridgehead atoms. The van der Waals surface area contributed by atoms with Gasteiger partial charge in [-0.1, -0.05) is 103 Å². The van der Waals surface area contributed by atoms with Crippen LogP contribution in [0.1, 0.15) is 110 Å². The Morgan fingerprint density at radius 3 is 1.90 bits per heavy atom. The Morgan fingerprint density at radius 1 is 0.839 bits per heavy atom. The third-order valence-electron chi connectivity index (χ3n) is 6.24. The van der Waals surface area contributed by atoms with Crippen LogP contribution in [0.2, 0.25) is 0 Å². The lowest BCUT2D eigenvalue weighted by Gasteiger charge is -2.20. The molecule has 0 aromatic rings. The SMILES string of the molecule is CCCCCCCCCCCCCCCC/C=C/CCO[C@H]1CO[C@H]([C@H](O)CO)[C@@H]1O. The summed E-state index contributed by atoms with van der Waals surface area (Å²) in [5, 5.41) is 28.6. The summed E-state index contributed by atoms with van der Waals surface area (Å²) >= 11 is 0. The van der Waals surface area contributed by atoms with Gasteiger partial charge in [-0.2, -0.15) is 0 Å². The van der Waals surface area contributed by atoms with E-state index >= 15 is 0 Å². The molecule has 1 fully saturated rings. The van der Waals surface area contributed by atoms with E-state index in [2.05, 4.69) is 19.1 Å². The molecule has 0 radical (unpaired) electrons. The van der Waals surface area contributed by atoms with Crippen molar-refractivity contribution in [2.45, 2.75) is 134 Å². The van der Waals surface area contributed by atoms with Crippen LogP contribution in [0.5, 0.6) is 0 Å². The van der Waals surface area contributed by atoms with E-state index in [1.165, 1.54) is 89.9 Å². The minimum Gasteiger partial charge on any atom is -0.394 e. The molecule has 1 heterocycles. The molecule has 5 nitrogen and oxygen atoms in total. The molecule has 0 unspecified atom stereocenters. The zero-order chi connectivity index (χ0) is 22.6. The average molecular weight is 443 g/mol. The molecule has 1 aliphatic heterocycles. The molecular formula is C26H50O5. The van der Waals surface area contributed by atoms with Crippen molar-refractivity contribution in [3.05, 3.63) is 12.2 Å². The molecule has 1 saturated heterocycles. The molecule has 0 spiro atoms. The van der Waals surface area contributed by atoms with Crippen LogP contribution in [0.4, 0.5) is 0 Å². The highest BCUT2D eigenvalue weighted by Gasteiger charge is 2.40. The molecule has 1 aliphatic rings. The first-order valence-corrected chi connectivity index (χ1v) is 13.1. The van der Waals surface area contributed by atoms with Crippen molar-refractivity contribution >= 4 is 0 Å². The number of aliphatic hydroxyl groups excluding tert-OH is 3. The monoisotopic (exact) mass is 442 g/mol. The minimum absolute atomic E-state index is 0.256. The van der Waals surface area contributed by atoms with Gasteiger partial charge in [0.15, 0.2) is 0 Å². The van der Waals surface area contributed by atoms with E-state index in [-0.39, 0.29) is 6.61 Å². The highest BCUT2D eigenvalue weighted by Crippen LogP contribution is 2.20. The van der Waals surface area contributed by atoms with Crippen LogP contribution in [-0.4, -0.2) is 59.6 Å². The zero-order valence-electron chi connectivity index (χ0n) is 20.1. The fraction of sp³-hybridized carbons (Fsp3) is 0.923. The van der Waals surface area contributed by atoms with Gasteiger partial charge in [0.05, 0.1) is 19.8 Å². The lowest BCUT2D eigenvalue weighted by Crippen LogP contribution is -2.41. The normalized spacial score (nSPS) is 22.5. The van der Waals surface area contributed by atoms with Crippen molar-refractivity contribution in [1.29, 1.82) is 0 Å². The van der Waals surface area contributed by atoms with Crippen molar-refractivity contribution in [3.63, 3.8) is 0 Å². The standard InChI is InChI=1S/C26H50O5/c1-2-3-4-5-6-7-8-9-10-11-12-13-14-15-16-17-18-19-20-30-24-22-31-26(25(24)29)23(28)21-27/h17-18,23-29H,2-16,19-22H2,1H3/b18-17+/t23-,24+,25-,26-/m1/s1. The van der Waals surface area contributed by atoms with E-state index in [4.69, 9.17) is 14.6 Å². The summed E-state index contributed by atoms with van der Waals surface area (Å²) in [5.41, 5.74) is 0. The molecule has 0 amide bonds. The molecule has 4 atom stereocenters. The number of rotatable bonds is 21. The van der Waals surface area contributed by atoms with Gasteiger partial charge in [-0.05, 0) is 19.3 Å². The second-order valence-corrected chi connectivity index (χ2v) is 9.09. The van der Waals surface area contributed by atoms with E-state index in [0.29, 0.717) is 6.61 Å². The van der Waals surface area contributed by atoms with Crippen molar-refractivity contribution in [1.82, 2.24) is 0 Å². The summed E-state index contributed by atoms with van der Waals surface area (Å²) in [6.45, 7) is 2.64. The Kier molecular flexibility index (Phi) is 18.6. The Balaban J connectivity index is 1.81. The van der Waals surface area contributed by atoms with Crippen LogP contribution >= 0.6 is 0 Å². The average Bonchev–Trinajstić information content (AvgIpc) is 3.15. The Bertz CT molecular complexity index is 415. The van der Waals surface area contributed by atoms with Gasteiger partial charge in [0.1, 0.15) is 24.4 Å². The largest absolute Gasteiger partial charge is 0.394 e. The van der Waals surface area contributed by atoms with Crippen molar-refractivity contribution in [2.24, 2.45) is 0 Å². The number of hydrogen-bond acceptors (Lipinski definition) is 5. The Labute approximate surface area is 191 Å². The van der Waals surface area contributed by atoms with Crippen molar-refractivity contribution < 1.29 is 24.8 Å². The van der Waals surface area contributed by atoms with Gasteiger partial charge in [-0.3, -0.25) is 0 Å². The van der Waals surface area contributed by atoms with Gasteiger partial charge in [-0.25, -0.2) is 0 Å². The molecule has 31 heavy (non-hydrogen) atoms. The van der Waals surface area contributed by atoms with Gasteiger partial charge in [0.25, 0.3) is 0 Å². The summed E-state index contributed by atoms with van der Waals surface area (Å²) in [7, 11) is 0. The van der Waals surface area contributed by atoms with E-state index in [0.717, 1.165) is 12.8 Å². The highest BCUT2D eigenvalue weighted by molar-refractivity contribution is 4.89. The first kappa shape index (κ1) is 28.6.